The lowest BCUT2D eigenvalue weighted by Crippen LogP contribution is -2.41. The monoisotopic (exact) mass is 503 g/mol. The van der Waals surface area contributed by atoms with Crippen molar-refractivity contribution >= 4 is 62.7 Å². The maximum absolute atomic E-state index is 11.5. The fourth-order valence-electron chi connectivity index (χ4n) is 1.39. The van der Waals surface area contributed by atoms with Gasteiger partial charge in [-0.2, -0.15) is 0 Å². The van der Waals surface area contributed by atoms with Crippen LogP contribution in [0.25, 0.3) is 0 Å². The van der Waals surface area contributed by atoms with Crippen molar-refractivity contribution in [2.75, 3.05) is 8.86 Å². The van der Waals surface area contributed by atoms with Crippen LogP contribution < -0.4 is 10.6 Å². The molecule has 0 saturated heterocycles. The molecule has 0 aromatic heterocycles. The summed E-state index contributed by atoms with van der Waals surface area (Å²) >= 11 is 3.82. The maximum atomic E-state index is 11.5. The number of nitrogens with zero attached hydrogens (tertiary/aromatic N) is 1. The van der Waals surface area contributed by atoms with Crippen LogP contribution in [0, 0.1) is 10.1 Å². The number of non-ortho nitro benzene ring substituents is 1. The smallest absolute Gasteiger partial charge is 0.269 e. The van der Waals surface area contributed by atoms with E-state index in [2.05, 4.69) is 10.6 Å². The van der Waals surface area contributed by atoms with Crippen LogP contribution in [-0.2, 0) is 9.59 Å². The fraction of sp³-hybridized carbons (Fsp3) is 0.273. The molecule has 2 N–H and O–H groups in total. The highest BCUT2D eigenvalue weighted by atomic mass is 127. The standard InChI is InChI=1S/C11H11I2N3O4/c12-5-9(17)14-11(15-10(18)6-13)7-1-3-8(4-2-7)16(19)20/h1-4,11H,5-6H2,(H,14,17)(H,15,18). The maximum Gasteiger partial charge on any atom is 0.269 e. The third-order valence-electron chi connectivity index (χ3n) is 2.29. The van der Waals surface area contributed by atoms with E-state index in [0.29, 0.717) is 5.56 Å². The first-order chi connectivity index (χ1) is 9.47. The van der Waals surface area contributed by atoms with E-state index in [1.54, 1.807) is 0 Å². The van der Waals surface area contributed by atoms with Crippen molar-refractivity contribution in [3.05, 3.63) is 39.9 Å². The Morgan fingerprint density at radius 3 is 1.90 bits per heavy atom. The van der Waals surface area contributed by atoms with Gasteiger partial charge in [-0.1, -0.05) is 45.2 Å². The summed E-state index contributed by atoms with van der Waals surface area (Å²) in [6, 6.07) is 5.66. The molecule has 0 aliphatic heterocycles. The van der Waals surface area contributed by atoms with Gasteiger partial charge < -0.3 is 10.6 Å². The SMILES string of the molecule is O=C(CI)NC(NC(=O)CI)c1ccc([N+](=O)[O-])cc1. The molecular formula is C11H11I2N3O4. The second-order valence-corrected chi connectivity index (χ2v) is 5.21. The number of benzene rings is 1. The largest absolute Gasteiger partial charge is 0.331 e. The number of alkyl halides is 2. The van der Waals surface area contributed by atoms with Gasteiger partial charge in [-0.3, -0.25) is 19.7 Å². The lowest BCUT2D eigenvalue weighted by Gasteiger charge is -2.19. The molecule has 0 unspecified atom stereocenters. The normalized spacial score (nSPS) is 10.2. The highest BCUT2D eigenvalue weighted by Gasteiger charge is 2.17. The van der Waals surface area contributed by atoms with Gasteiger partial charge in [-0.15, -0.1) is 0 Å². The van der Waals surface area contributed by atoms with E-state index in [0.717, 1.165) is 0 Å². The zero-order chi connectivity index (χ0) is 15.1. The summed E-state index contributed by atoms with van der Waals surface area (Å²) in [6.45, 7) is 0. The average molecular weight is 503 g/mol. The third kappa shape index (κ3) is 5.19. The molecule has 1 aromatic rings. The van der Waals surface area contributed by atoms with Crippen LogP contribution in [0.2, 0.25) is 0 Å². The van der Waals surface area contributed by atoms with Crippen molar-refractivity contribution in [1.82, 2.24) is 10.6 Å². The number of hydrogen-bond acceptors (Lipinski definition) is 4. The molecule has 9 heteroatoms. The molecule has 2 amide bonds. The highest BCUT2D eigenvalue weighted by Crippen LogP contribution is 2.16. The average Bonchev–Trinajstić information content (AvgIpc) is 2.46. The van der Waals surface area contributed by atoms with E-state index in [-0.39, 0.29) is 26.4 Å². The predicted molar refractivity (Wildman–Crippen MR) is 89.9 cm³/mol. The topological polar surface area (TPSA) is 101 Å². The molecule has 20 heavy (non-hydrogen) atoms. The number of hydrogen-bond donors (Lipinski definition) is 2. The Kier molecular flexibility index (Phi) is 7.12. The van der Waals surface area contributed by atoms with Crippen molar-refractivity contribution < 1.29 is 14.5 Å². The molecule has 0 heterocycles. The van der Waals surface area contributed by atoms with Gasteiger partial charge in [0.2, 0.25) is 11.8 Å². The van der Waals surface area contributed by atoms with Gasteiger partial charge >= 0.3 is 0 Å². The van der Waals surface area contributed by atoms with E-state index in [1.807, 2.05) is 45.2 Å². The first-order valence-corrected chi connectivity index (χ1v) is 8.48. The summed E-state index contributed by atoms with van der Waals surface area (Å²) in [5.41, 5.74) is 0.528. The molecule has 1 aromatic carbocycles. The number of nitro benzene ring substituents is 1. The number of rotatable bonds is 6. The van der Waals surface area contributed by atoms with Gasteiger partial charge in [0.25, 0.3) is 5.69 Å². The van der Waals surface area contributed by atoms with Crippen LogP contribution >= 0.6 is 45.2 Å². The summed E-state index contributed by atoms with van der Waals surface area (Å²) in [4.78, 5) is 33.0. The van der Waals surface area contributed by atoms with Crippen molar-refractivity contribution in [2.45, 2.75) is 6.17 Å². The van der Waals surface area contributed by atoms with E-state index in [9.17, 15) is 19.7 Å². The van der Waals surface area contributed by atoms with E-state index in [1.165, 1.54) is 24.3 Å². The number of nitro groups is 1. The second kappa shape index (κ2) is 8.34. The Morgan fingerprint density at radius 1 is 1.10 bits per heavy atom. The quantitative estimate of drug-likeness (QED) is 0.203. The molecule has 0 atom stereocenters. The lowest BCUT2D eigenvalue weighted by atomic mass is 10.1. The van der Waals surface area contributed by atoms with E-state index >= 15 is 0 Å². The second-order valence-electron chi connectivity index (χ2n) is 3.68. The van der Waals surface area contributed by atoms with Crippen LogP contribution in [0.5, 0.6) is 0 Å². The van der Waals surface area contributed by atoms with Crippen LogP contribution in [0.4, 0.5) is 5.69 Å². The lowest BCUT2D eigenvalue weighted by molar-refractivity contribution is -0.384. The zero-order valence-corrected chi connectivity index (χ0v) is 14.5. The van der Waals surface area contributed by atoms with Gasteiger partial charge in [-0.05, 0) is 17.7 Å². The number of halogens is 2. The zero-order valence-electron chi connectivity index (χ0n) is 10.1. The molecule has 0 spiro atoms. The molecule has 0 bridgehead atoms. The Hall–Kier alpha value is -0.980. The van der Waals surface area contributed by atoms with Crippen LogP contribution in [-0.4, -0.2) is 25.6 Å². The first kappa shape index (κ1) is 17.1. The summed E-state index contributed by atoms with van der Waals surface area (Å²) in [5.74, 6) is -0.467. The van der Waals surface area contributed by atoms with Crippen molar-refractivity contribution in [3.8, 4) is 0 Å². The van der Waals surface area contributed by atoms with Crippen molar-refractivity contribution in [2.24, 2.45) is 0 Å². The van der Waals surface area contributed by atoms with Gasteiger partial charge in [0.15, 0.2) is 0 Å². The predicted octanol–water partition coefficient (Wildman–Crippen LogP) is 1.70. The minimum atomic E-state index is -0.694. The van der Waals surface area contributed by atoms with E-state index < -0.39 is 11.1 Å². The number of carbonyl (C=O) groups excluding carboxylic acids is 2. The summed E-state index contributed by atoms with van der Waals surface area (Å²) in [5, 5.41) is 15.9. The van der Waals surface area contributed by atoms with Crippen LogP contribution in [0.15, 0.2) is 24.3 Å². The fourth-order valence-corrected chi connectivity index (χ4v) is 1.83. The Bertz CT molecular complexity index is 489. The summed E-state index contributed by atoms with van der Waals surface area (Å²) in [7, 11) is 0. The van der Waals surface area contributed by atoms with Crippen molar-refractivity contribution in [1.29, 1.82) is 0 Å². The molecule has 0 aliphatic rings. The third-order valence-corrected chi connectivity index (χ3v) is 3.68. The van der Waals surface area contributed by atoms with Gasteiger partial charge in [0.05, 0.1) is 13.8 Å². The molecule has 1 rings (SSSR count). The molecule has 0 fully saturated rings. The molecule has 0 saturated carbocycles. The number of amides is 2. The Morgan fingerprint density at radius 2 is 1.55 bits per heavy atom. The molecule has 0 aliphatic carbocycles. The minimum absolute atomic E-state index is 0.0482. The number of carbonyl (C=O) groups is 2. The number of nitrogens with one attached hydrogen (secondary N) is 2. The highest BCUT2D eigenvalue weighted by molar-refractivity contribution is 14.1. The Labute approximate surface area is 142 Å². The van der Waals surface area contributed by atoms with Crippen LogP contribution in [0.1, 0.15) is 11.7 Å². The Balaban J connectivity index is 2.93. The van der Waals surface area contributed by atoms with Crippen molar-refractivity contribution in [3.63, 3.8) is 0 Å². The molecule has 0 radical (unpaired) electrons. The van der Waals surface area contributed by atoms with Crippen LogP contribution in [0.3, 0.4) is 0 Å². The molecule has 7 nitrogen and oxygen atoms in total. The minimum Gasteiger partial charge on any atom is -0.331 e. The summed E-state index contributed by atoms with van der Waals surface area (Å²) < 4.78 is 0.503. The first-order valence-electron chi connectivity index (χ1n) is 5.43. The van der Waals surface area contributed by atoms with Gasteiger partial charge in [-0.25, -0.2) is 0 Å². The van der Waals surface area contributed by atoms with Gasteiger partial charge in [0.1, 0.15) is 6.17 Å². The van der Waals surface area contributed by atoms with Gasteiger partial charge in [0, 0.05) is 12.1 Å². The summed E-state index contributed by atoms with van der Waals surface area (Å²) in [6.07, 6.45) is -0.694. The molecular weight excluding hydrogens is 492 g/mol. The van der Waals surface area contributed by atoms with E-state index in [4.69, 9.17) is 0 Å². The molecule has 108 valence electrons.